The molecular weight excluding hydrogens is 278 g/mol. The van der Waals surface area contributed by atoms with Crippen molar-refractivity contribution in [3.8, 4) is 22.4 Å². The second-order valence-corrected chi connectivity index (χ2v) is 6.42. The second-order valence-electron chi connectivity index (χ2n) is 6.42. The van der Waals surface area contributed by atoms with E-state index in [0.29, 0.717) is 0 Å². The molecule has 4 rings (SSSR count). The highest BCUT2D eigenvalue weighted by molar-refractivity contribution is 5.74. The fraction of sp³-hybridized carbons (Fsp3) is 0.227. The van der Waals surface area contributed by atoms with Gasteiger partial charge in [0.2, 0.25) is 0 Å². The Labute approximate surface area is 138 Å². The lowest BCUT2D eigenvalue weighted by molar-refractivity contribution is 0.670. The van der Waals surface area contributed by atoms with Gasteiger partial charge in [-0.2, -0.15) is 0 Å². The Bertz CT molecular complexity index is 817. The van der Waals surface area contributed by atoms with Gasteiger partial charge in [0.15, 0.2) is 0 Å². The second kappa shape index (κ2) is 6.00. The molecule has 1 aromatic heterocycles. The molecule has 114 valence electrons. The van der Waals surface area contributed by atoms with E-state index in [1.165, 1.54) is 46.4 Å². The summed E-state index contributed by atoms with van der Waals surface area (Å²) in [5, 5.41) is 0. The number of pyridine rings is 1. The number of nitrogens with zero attached hydrogens (tertiary/aromatic N) is 1. The van der Waals surface area contributed by atoms with Gasteiger partial charge in [0.25, 0.3) is 0 Å². The molecule has 23 heavy (non-hydrogen) atoms. The van der Waals surface area contributed by atoms with Crippen LogP contribution in [-0.2, 0) is 12.8 Å². The van der Waals surface area contributed by atoms with Crippen LogP contribution >= 0.6 is 0 Å². The number of hydrogen-bond acceptors (Lipinski definition) is 1. The quantitative estimate of drug-likeness (QED) is 0.600. The average Bonchev–Trinajstić information content (AvgIpc) is 2.62. The lowest BCUT2D eigenvalue weighted by atomic mass is 9.88. The average molecular weight is 299 g/mol. The van der Waals surface area contributed by atoms with Crippen molar-refractivity contribution in [3.63, 3.8) is 0 Å². The van der Waals surface area contributed by atoms with Crippen LogP contribution in [0.4, 0.5) is 0 Å². The van der Waals surface area contributed by atoms with Gasteiger partial charge in [0.1, 0.15) is 0 Å². The number of aryl methyl sites for hydroxylation is 2. The number of benzene rings is 2. The Kier molecular flexibility index (Phi) is 3.70. The molecule has 0 bridgehead atoms. The molecule has 0 amide bonds. The summed E-state index contributed by atoms with van der Waals surface area (Å²) in [7, 11) is 0. The Morgan fingerprint density at radius 3 is 2.30 bits per heavy atom. The van der Waals surface area contributed by atoms with Crippen molar-refractivity contribution in [3.05, 3.63) is 77.5 Å². The Hall–Kier alpha value is -2.41. The first-order valence-electron chi connectivity index (χ1n) is 8.46. The molecule has 0 fully saturated rings. The Balaban J connectivity index is 1.91. The summed E-state index contributed by atoms with van der Waals surface area (Å²) in [6.45, 7) is 2.14. The maximum absolute atomic E-state index is 4.99. The molecular formula is C22H21N. The molecule has 0 saturated heterocycles. The van der Waals surface area contributed by atoms with Crippen molar-refractivity contribution >= 4 is 0 Å². The summed E-state index contributed by atoms with van der Waals surface area (Å²) in [6.07, 6.45) is 4.79. The van der Waals surface area contributed by atoms with Crippen LogP contribution in [0.3, 0.4) is 0 Å². The Morgan fingerprint density at radius 2 is 1.52 bits per heavy atom. The highest BCUT2D eigenvalue weighted by atomic mass is 14.7. The molecule has 0 spiro atoms. The smallest absolute Gasteiger partial charge is 0.0711 e. The highest BCUT2D eigenvalue weighted by Crippen LogP contribution is 2.34. The van der Waals surface area contributed by atoms with E-state index in [2.05, 4.69) is 67.6 Å². The first-order valence-corrected chi connectivity index (χ1v) is 8.46. The predicted octanol–water partition coefficient (Wildman–Crippen LogP) is 5.60. The summed E-state index contributed by atoms with van der Waals surface area (Å²) in [4.78, 5) is 4.99. The SMILES string of the molecule is Cc1ccc(-c2cc(-c3ccccc3)nc3c2CCCC3)cc1. The van der Waals surface area contributed by atoms with E-state index in [0.717, 1.165) is 18.5 Å². The molecule has 3 aromatic rings. The fourth-order valence-electron chi connectivity index (χ4n) is 3.45. The van der Waals surface area contributed by atoms with Crippen molar-refractivity contribution in [1.82, 2.24) is 4.98 Å². The molecule has 0 N–H and O–H groups in total. The highest BCUT2D eigenvalue weighted by Gasteiger charge is 2.17. The van der Waals surface area contributed by atoms with Gasteiger partial charge < -0.3 is 0 Å². The summed E-state index contributed by atoms with van der Waals surface area (Å²) in [6, 6.07) is 21.7. The zero-order chi connectivity index (χ0) is 15.6. The zero-order valence-corrected chi connectivity index (χ0v) is 13.5. The van der Waals surface area contributed by atoms with Crippen LogP contribution < -0.4 is 0 Å². The van der Waals surface area contributed by atoms with E-state index in [9.17, 15) is 0 Å². The van der Waals surface area contributed by atoms with Gasteiger partial charge in [-0.05, 0) is 55.4 Å². The van der Waals surface area contributed by atoms with E-state index in [1.54, 1.807) is 0 Å². The summed E-state index contributed by atoms with van der Waals surface area (Å²) in [5.74, 6) is 0. The van der Waals surface area contributed by atoms with Crippen LogP contribution in [0.15, 0.2) is 60.7 Å². The van der Waals surface area contributed by atoms with Crippen LogP contribution in [0.5, 0.6) is 0 Å². The molecule has 0 atom stereocenters. The van der Waals surface area contributed by atoms with Gasteiger partial charge in [-0.3, -0.25) is 4.98 Å². The van der Waals surface area contributed by atoms with Gasteiger partial charge >= 0.3 is 0 Å². The molecule has 1 aliphatic rings. The molecule has 0 radical (unpaired) electrons. The van der Waals surface area contributed by atoms with E-state index < -0.39 is 0 Å². The number of aromatic nitrogens is 1. The third-order valence-corrected chi connectivity index (χ3v) is 4.73. The lowest BCUT2D eigenvalue weighted by Gasteiger charge is -2.20. The molecule has 1 heterocycles. The van der Waals surface area contributed by atoms with Gasteiger partial charge in [-0.15, -0.1) is 0 Å². The summed E-state index contributed by atoms with van der Waals surface area (Å²) in [5.41, 5.74) is 9.05. The Morgan fingerprint density at radius 1 is 0.783 bits per heavy atom. The molecule has 0 unspecified atom stereocenters. The maximum Gasteiger partial charge on any atom is 0.0711 e. The van der Waals surface area contributed by atoms with Crippen molar-refractivity contribution in [2.45, 2.75) is 32.6 Å². The number of fused-ring (bicyclic) bond motifs is 1. The monoisotopic (exact) mass is 299 g/mol. The van der Waals surface area contributed by atoms with E-state index >= 15 is 0 Å². The van der Waals surface area contributed by atoms with Crippen LogP contribution in [0.1, 0.15) is 29.7 Å². The summed E-state index contributed by atoms with van der Waals surface area (Å²) >= 11 is 0. The lowest BCUT2D eigenvalue weighted by Crippen LogP contribution is -2.08. The van der Waals surface area contributed by atoms with Crippen LogP contribution in [0.2, 0.25) is 0 Å². The minimum absolute atomic E-state index is 1.10. The number of hydrogen-bond donors (Lipinski definition) is 0. The van der Waals surface area contributed by atoms with Gasteiger partial charge in [0, 0.05) is 11.3 Å². The first-order chi connectivity index (χ1) is 11.3. The molecule has 1 aliphatic carbocycles. The summed E-state index contributed by atoms with van der Waals surface area (Å²) < 4.78 is 0. The minimum Gasteiger partial charge on any atom is -0.253 e. The van der Waals surface area contributed by atoms with Crippen molar-refractivity contribution in [1.29, 1.82) is 0 Å². The van der Waals surface area contributed by atoms with Gasteiger partial charge in [0.05, 0.1) is 5.69 Å². The van der Waals surface area contributed by atoms with Crippen molar-refractivity contribution in [2.24, 2.45) is 0 Å². The van der Waals surface area contributed by atoms with Gasteiger partial charge in [-0.1, -0.05) is 60.2 Å². The van der Waals surface area contributed by atoms with Crippen LogP contribution in [0, 0.1) is 6.92 Å². The third kappa shape index (κ3) is 2.79. The largest absolute Gasteiger partial charge is 0.253 e. The van der Waals surface area contributed by atoms with Crippen LogP contribution in [-0.4, -0.2) is 4.98 Å². The molecule has 1 nitrogen and oxygen atoms in total. The topological polar surface area (TPSA) is 12.9 Å². The minimum atomic E-state index is 1.10. The maximum atomic E-state index is 4.99. The normalized spacial score (nSPS) is 13.6. The predicted molar refractivity (Wildman–Crippen MR) is 96.5 cm³/mol. The number of rotatable bonds is 2. The molecule has 0 saturated carbocycles. The van der Waals surface area contributed by atoms with E-state index in [4.69, 9.17) is 4.98 Å². The van der Waals surface area contributed by atoms with E-state index in [1.807, 2.05) is 0 Å². The zero-order valence-electron chi connectivity index (χ0n) is 13.5. The molecule has 1 heteroatoms. The third-order valence-electron chi connectivity index (χ3n) is 4.73. The fourth-order valence-corrected chi connectivity index (χ4v) is 3.45. The van der Waals surface area contributed by atoms with E-state index in [-0.39, 0.29) is 0 Å². The molecule has 0 aliphatic heterocycles. The first kappa shape index (κ1) is 14.2. The van der Waals surface area contributed by atoms with Crippen molar-refractivity contribution < 1.29 is 0 Å². The molecule has 2 aromatic carbocycles. The standard InChI is InChI=1S/C22H21N/c1-16-11-13-17(14-12-16)20-15-22(18-7-3-2-4-8-18)23-21-10-6-5-9-19(20)21/h2-4,7-8,11-15H,5-6,9-10H2,1H3. The van der Waals surface area contributed by atoms with Crippen LogP contribution in [0.25, 0.3) is 22.4 Å². The van der Waals surface area contributed by atoms with Crippen molar-refractivity contribution in [2.75, 3.05) is 0 Å². The van der Waals surface area contributed by atoms with Gasteiger partial charge in [-0.25, -0.2) is 0 Å².